The molecule has 112 valence electrons. The van der Waals surface area contributed by atoms with E-state index < -0.39 is 10.0 Å². The maximum absolute atomic E-state index is 13.2. The van der Waals surface area contributed by atoms with E-state index in [1.165, 1.54) is 10.5 Å². The van der Waals surface area contributed by atoms with E-state index in [1.807, 2.05) is 31.2 Å². The predicted molar refractivity (Wildman–Crippen MR) is 85.4 cm³/mol. The van der Waals surface area contributed by atoms with E-state index in [9.17, 15) is 8.42 Å². The van der Waals surface area contributed by atoms with Crippen molar-refractivity contribution in [3.8, 4) is 0 Å². The van der Waals surface area contributed by atoms with Crippen LogP contribution in [0.2, 0.25) is 0 Å². The predicted octanol–water partition coefficient (Wildman–Crippen LogP) is 2.70. The number of anilines is 1. The number of hydrogen-bond acceptors (Lipinski definition) is 3. The monoisotopic (exact) mass is 313 g/mol. The van der Waals surface area contributed by atoms with Crippen LogP contribution in [0.15, 0.2) is 53.7 Å². The third-order valence-electron chi connectivity index (χ3n) is 4.09. The summed E-state index contributed by atoms with van der Waals surface area (Å²) >= 11 is 0. The number of hydrogen-bond donors (Lipinski definition) is 1. The van der Waals surface area contributed by atoms with Crippen LogP contribution < -0.4 is 4.31 Å². The Morgan fingerprint density at radius 2 is 2.05 bits per heavy atom. The van der Waals surface area contributed by atoms with Gasteiger partial charge in [0.2, 0.25) is 0 Å². The topological polar surface area (TPSA) is 66.1 Å². The number of aromatic amines is 1. The first kappa shape index (κ1) is 13.3. The Morgan fingerprint density at radius 3 is 2.91 bits per heavy atom. The number of H-pyrrole nitrogens is 1. The molecule has 5 nitrogen and oxygen atoms in total. The lowest BCUT2D eigenvalue weighted by Crippen LogP contribution is -2.35. The van der Waals surface area contributed by atoms with Gasteiger partial charge in [-0.05, 0) is 37.1 Å². The molecule has 0 spiro atoms. The van der Waals surface area contributed by atoms with Gasteiger partial charge in [-0.1, -0.05) is 18.2 Å². The Bertz CT molecular complexity index is 962. The maximum Gasteiger partial charge on any atom is 0.266 e. The second-order valence-electron chi connectivity index (χ2n) is 5.54. The fourth-order valence-corrected chi connectivity index (χ4v) is 5.00. The Hall–Kier alpha value is -2.34. The maximum atomic E-state index is 13.2. The molecule has 0 saturated carbocycles. The van der Waals surface area contributed by atoms with E-state index in [4.69, 9.17) is 0 Å². The number of para-hydroxylation sites is 1. The van der Waals surface area contributed by atoms with Gasteiger partial charge < -0.3 is 4.98 Å². The van der Waals surface area contributed by atoms with Crippen molar-refractivity contribution in [2.45, 2.75) is 24.3 Å². The van der Waals surface area contributed by atoms with Crippen molar-refractivity contribution in [2.75, 3.05) is 4.31 Å². The summed E-state index contributed by atoms with van der Waals surface area (Å²) in [5.41, 5.74) is 2.42. The van der Waals surface area contributed by atoms with Crippen LogP contribution in [0.1, 0.15) is 12.5 Å². The zero-order valence-corrected chi connectivity index (χ0v) is 12.8. The van der Waals surface area contributed by atoms with Crippen LogP contribution in [0.4, 0.5) is 5.69 Å². The van der Waals surface area contributed by atoms with E-state index in [0.717, 1.165) is 17.7 Å². The molecule has 3 heterocycles. The molecule has 2 aromatic heterocycles. The van der Waals surface area contributed by atoms with Crippen molar-refractivity contribution < 1.29 is 8.42 Å². The molecular formula is C16H15N3O2S. The molecule has 0 bridgehead atoms. The molecule has 4 rings (SSSR count). The molecule has 0 aliphatic carbocycles. The number of aromatic nitrogens is 2. The standard InChI is InChI=1S/C16H15N3O2S/c1-11-9-12-5-2-3-7-14(12)19(11)22(20,21)15-10-18-16-13(15)6-4-8-17-16/h2-8,10-11H,9H2,1H3,(H,17,18)/t11-/m0/s1. The van der Waals surface area contributed by atoms with Gasteiger partial charge in [-0.2, -0.15) is 0 Å². The second-order valence-corrected chi connectivity index (χ2v) is 7.32. The smallest absolute Gasteiger partial charge is 0.266 e. The molecule has 1 atom stereocenters. The highest BCUT2D eigenvalue weighted by Crippen LogP contribution is 2.37. The summed E-state index contributed by atoms with van der Waals surface area (Å²) in [6.07, 6.45) is 3.90. The Morgan fingerprint density at radius 1 is 1.23 bits per heavy atom. The van der Waals surface area contributed by atoms with Gasteiger partial charge in [0.05, 0.1) is 5.69 Å². The summed E-state index contributed by atoms with van der Waals surface area (Å²) in [6, 6.07) is 11.1. The second kappa shape index (κ2) is 4.58. The Balaban J connectivity index is 1.92. The minimum Gasteiger partial charge on any atom is -0.345 e. The number of nitrogens with zero attached hydrogens (tertiary/aromatic N) is 2. The highest BCUT2D eigenvalue weighted by molar-refractivity contribution is 7.93. The Kier molecular flexibility index (Phi) is 2.77. The Labute approximate surface area is 128 Å². The minimum absolute atomic E-state index is 0.0935. The number of nitrogens with one attached hydrogen (secondary N) is 1. The lowest BCUT2D eigenvalue weighted by molar-refractivity contribution is 0.585. The van der Waals surface area contributed by atoms with Crippen molar-refractivity contribution >= 4 is 26.7 Å². The van der Waals surface area contributed by atoms with Crippen LogP contribution in [0, 0.1) is 0 Å². The zero-order chi connectivity index (χ0) is 15.3. The van der Waals surface area contributed by atoms with Crippen LogP contribution >= 0.6 is 0 Å². The fraction of sp³-hybridized carbons (Fsp3) is 0.188. The number of pyridine rings is 1. The largest absolute Gasteiger partial charge is 0.345 e. The normalized spacial score (nSPS) is 17.9. The minimum atomic E-state index is -3.62. The van der Waals surface area contributed by atoms with Gasteiger partial charge in [-0.15, -0.1) is 0 Å². The van der Waals surface area contributed by atoms with Crippen LogP contribution in [0.3, 0.4) is 0 Å². The fourth-order valence-electron chi connectivity index (χ4n) is 3.15. The molecule has 0 unspecified atom stereocenters. The summed E-state index contributed by atoms with van der Waals surface area (Å²) in [4.78, 5) is 7.38. The third-order valence-corrected chi connectivity index (χ3v) is 6.06. The van der Waals surface area contributed by atoms with Gasteiger partial charge >= 0.3 is 0 Å². The molecule has 0 amide bonds. The van der Waals surface area contributed by atoms with Crippen molar-refractivity contribution in [1.29, 1.82) is 0 Å². The van der Waals surface area contributed by atoms with Gasteiger partial charge in [0.15, 0.2) is 0 Å². The summed E-state index contributed by atoms with van der Waals surface area (Å²) < 4.78 is 27.8. The van der Waals surface area contributed by atoms with Crippen molar-refractivity contribution in [1.82, 2.24) is 9.97 Å². The van der Waals surface area contributed by atoms with Gasteiger partial charge in [0.1, 0.15) is 10.5 Å². The first-order chi connectivity index (χ1) is 10.6. The van der Waals surface area contributed by atoms with E-state index in [1.54, 1.807) is 18.3 Å². The van der Waals surface area contributed by atoms with Crippen molar-refractivity contribution in [3.05, 3.63) is 54.4 Å². The molecule has 1 aliphatic rings. The van der Waals surface area contributed by atoms with E-state index in [-0.39, 0.29) is 10.9 Å². The molecule has 0 fully saturated rings. The number of fused-ring (bicyclic) bond motifs is 2. The van der Waals surface area contributed by atoms with Crippen LogP contribution in [0.25, 0.3) is 11.0 Å². The molecule has 1 N–H and O–H groups in total. The quantitative estimate of drug-likeness (QED) is 0.791. The summed E-state index contributed by atoms with van der Waals surface area (Å²) in [5, 5.41) is 0.624. The van der Waals surface area contributed by atoms with Gasteiger partial charge in [0, 0.05) is 23.8 Å². The average Bonchev–Trinajstić information content (AvgIpc) is 3.07. The van der Waals surface area contributed by atoms with Gasteiger partial charge in [-0.3, -0.25) is 4.31 Å². The zero-order valence-electron chi connectivity index (χ0n) is 12.0. The molecule has 3 aromatic rings. The first-order valence-corrected chi connectivity index (χ1v) is 8.57. The highest BCUT2D eigenvalue weighted by Gasteiger charge is 2.37. The number of sulfonamides is 1. The summed E-state index contributed by atoms with van der Waals surface area (Å²) in [7, 11) is -3.62. The number of benzene rings is 1. The van der Waals surface area contributed by atoms with Crippen molar-refractivity contribution in [3.63, 3.8) is 0 Å². The lowest BCUT2D eigenvalue weighted by Gasteiger charge is -2.24. The molecule has 0 radical (unpaired) electrons. The average molecular weight is 313 g/mol. The lowest BCUT2D eigenvalue weighted by atomic mass is 10.1. The molecular weight excluding hydrogens is 298 g/mol. The molecule has 1 aromatic carbocycles. The van der Waals surface area contributed by atoms with Crippen LogP contribution in [-0.2, 0) is 16.4 Å². The molecule has 1 aliphatic heterocycles. The van der Waals surface area contributed by atoms with E-state index in [2.05, 4.69) is 9.97 Å². The third kappa shape index (κ3) is 1.77. The van der Waals surface area contributed by atoms with Gasteiger partial charge in [0.25, 0.3) is 10.0 Å². The van der Waals surface area contributed by atoms with Crippen LogP contribution in [-0.4, -0.2) is 24.4 Å². The number of rotatable bonds is 2. The first-order valence-electron chi connectivity index (χ1n) is 7.13. The van der Waals surface area contributed by atoms with E-state index in [0.29, 0.717) is 11.0 Å². The SMILES string of the molecule is C[C@H]1Cc2ccccc2N1S(=O)(=O)c1c[nH]c2ncccc12. The highest BCUT2D eigenvalue weighted by atomic mass is 32.2. The molecule has 6 heteroatoms. The summed E-state index contributed by atoms with van der Waals surface area (Å²) in [6.45, 7) is 1.94. The van der Waals surface area contributed by atoms with Crippen LogP contribution in [0.5, 0.6) is 0 Å². The van der Waals surface area contributed by atoms with Gasteiger partial charge in [-0.25, -0.2) is 13.4 Å². The summed E-state index contributed by atoms with van der Waals surface area (Å²) in [5.74, 6) is 0. The molecule has 22 heavy (non-hydrogen) atoms. The molecule has 0 saturated heterocycles. The van der Waals surface area contributed by atoms with Crippen molar-refractivity contribution in [2.24, 2.45) is 0 Å². The van der Waals surface area contributed by atoms with E-state index >= 15 is 0 Å².